The molecule has 4 atom stereocenters. The fourth-order valence-corrected chi connectivity index (χ4v) is 7.53. The van der Waals surface area contributed by atoms with Gasteiger partial charge in [-0.1, -0.05) is 6.58 Å². The standard InChI is InChI=1S/C27H40N6O4S/c1-7-25(34)32-16-19(10-24(32)26(4,5)35)33-23-12-20(38(36,37)30-27(6)8-9-27)11-22(21(23)13-28-33)31-14-17(2)29-18(3)15-31/h7,11-13,17-19,24,29-30,35H,1,8-10,14-16H2,2-6H3/t17-,18-,19+,24-/m0/s1. The van der Waals surface area contributed by atoms with Gasteiger partial charge in [0.2, 0.25) is 15.9 Å². The molecule has 3 heterocycles. The second kappa shape index (κ2) is 9.32. The van der Waals surface area contributed by atoms with E-state index in [1.807, 2.05) is 11.6 Å². The lowest BCUT2D eigenvalue weighted by molar-refractivity contribution is -0.131. The number of aliphatic hydroxyl groups is 1. The SMILES string of the molecule is C=CC(=O)N1C[C@H](n2ncc3c(N4C[C@H](C)N[C@@H](C)C4)cc(S(=O)(=O)NC4(C)CC4)cc32)C[C@H]1C(C)(C)O. The topological polar surface area (TPSA) is 120 Å². The van der Waals surface area contributed by atoms with Crippen molar-refractivity contribution < 1.29 is 18.3 Å². The number of sulfonamides is 1. The molecule has 0 bridgehead atoms. The lowest BCUT2D eigenvalue weighted by Crippen LogP contribution is -2.54. The predicted octanol–water partition coefficient (Wildman–Crippen LogP) is 2.15. The molecule has 11 heteroatoms. The third kappa shape index (κ3) is 5.09. The van der Waals surface area contributed by atoms with E-state index in [4.69, 9.17) is 5.10 Å². The van der Waals surface area contributed by atoms with E-state index >= 15 is 0 Å². The minimum atomic E-state index is -3.77. The molecule has 1 aromatic carbocycles. The molecule has 1 saturated carbocycles. The smallest absolute Gasteiger partial charge is 0.246 e. The number of amides is 1. The Hall–Kier alpha value is -2.47. The van der Waals surface area contributed by atoms with Crippen molar-refractivity contribution in [2.24, 2.45) is 0 Å². The van der Waals surface area contributed by atoms with Gasteiger partial charge in [0.05, 0.1) is 34.3 Å². The van der Waals surface area contributed by atoms with Gasteiger partial charge in [0.1, 0.15) is 0 Å². The van der Waals surface area contributed by atoms with Gasteiger partial charge in [-0.3, -0.25) is 9.48 Å². The molecule has 208 valence electrons. The van der Waals surface area contributed by atoms with Gasteiger partial charge < -0.3 is 20.2 Å². The van der Waals surface area contributed by atoms with Crippen molar-refractivity contribution in [3.63, 3.8) is 0 Å². The molecule has 38 heavy (non-hydrogen) atoms. The van der Waals surface area contributed by atoms with E-state index in [2.05, 4.69) is 35.4 Å². The van der Waals surface area contributed by atoms with Crippen LogP contribution in [0, 0.1) is 0 Å². The van der Waals surface area contributed by atoms with Gasteiger partial charge in [0.25, 0.3) is 0 Å². The molecular formula is C27H40N6O4S. The Labute approximate surface area is 225 Å². The number of rotatable bonds is 7. The van der Waals surface area contributed by atoms with E-state index in [1.54, 1.807) is 37.1 Å². The van der Waals surface area contributed by atoms with Crippen LogP contribution in [0.25, 0.3) is 10.9 Å². The van der Waals surface area contributed by atoms with Gasteiger partial charge >= 0.3 is 0 Å². The number of fused-ring (bicyclic) bond motifs is 1. The Morgan fingerprint density at radius 3 is 2.47 bits per heavy atom. The molecule has 3 fully saturated rings. The summed E-state index contributed by atoms with van der Waals surface area (Å²) in [6, 6.07) is 3.31. The summed E-state index contributed by atoms with van der Waals surface area (Å²) < 4.78 is 31.8. The molecule has 0 unspecified atom stereocenters. The predicted molar refractivity (Wildman–Crippen MR) is 148 cm³/mol. The van der Waals surface area contributed by atoms with E-state index in [-0.39, 0.29) is 28.9 Å². The highest BCUT2D eigenvalue weighted by Crippen LogP contribution is 2.40. The molecule has 1 aliphatic carbocycles. The third-order valence-corrected chi connectivity index (χ3v) is 9.77. The van der Waals surface area contributed by atoms with Gasteiger partial charge in [-0.2, -0.15) is 5.10 Å². The first-order chi connectivity index (χ1) is 17.7. The van der Waals surface area contributed by atoms with Crippen LogP contribution < -0.4 is 14.9 Å². The lowest BCUT2D eigenvalue weighted by Gasteiger charge is -2.38. The van der Waals surface area contributed by atoms with E-state index < -0.39 is 27.2 Å². The van der Waals surface area contributed by atoms with Crippen LogP contribution in [0.3, 0.4) is 0 Å². The number of benzene rings is 1. The van der Waals surface area contributed by atoms with Crippen LogP contribution in [0.4, 0.5) is 5.69 Å². The van der Waals surface area contributed by atoms with Gasteiger partial charge in [0.15, 0.2) is 0 Å². The quantitative estimate of drug-likeness (QED) is 0.457. The minimum absolute atomic E-state index is 0.213. The Morgan fingerprint density at radius 2 is 1.89 bits per heavy atom. The highest BCUT2D eigenvalue weighted by atomic mass is 32.2. The molecule has 5 rings (SSSR count). The first-order valence-corrected chi connectivity index (χ1v) is 14.9. The molecule has 1 aromatic heterocycles. The van der Waals surface area contributed by atoms with Crippen molar-refractivity contribution in [2.45, 2.75) is 94.1 Å². The molecule has 3 N–H and O–H groups in total. The van der Waals surface area contributed by atoms with E-state index in [9.17, 15) is 18.3 Å². The van der Waals surface area contributed by atoms with Crippen LogP contribution in [0.5, 0.6) is 0 Å². The molecule has 2 aromatic rings. The number of carbonyl (C=O) groups excluding carboxylic acids is 1. The molecule has 3 aliphatic rings. The van der Waals surface area contributed by atoms with Gasteiger partial charge in [-0.05, 0) is 72.1 Å². The zero-order chi connectivity index (χ0) is 27.6. The molecule has 10 nitrogen and oxygen atoms in total. The first-order valence-electron chi connectivity index (χ1n) is 13.4. The Kier molecular flexibility index (Phi) is 6.65. The number of carbonyl (C=O) groups is 1. The average Bonchev–Trinajstić information content (AvgIpc) is 3.21. The minimum Gasteiger partial charge on any atom is -0.388 e. The number of anilines is 1. The molecule has 1 amide bonds. The maximum atomic E-state index is 13.5. The van der Waals surface area contributed by atoms with Crippen molar-refractivity contribution in [3.8, 4) is 0 Å². The van der Waals surface area contributed by atoms with Crippen molar-refractivity contribution in [3.05, 3.63) is 31.0 Å². The monoisotopic (exact) mass is 544 g/mol. The number of hydrogen-bond acceptors (Lipinski definition) is 7. The second-order valence-corrected chi connectivity index (χ2v) is 13.9. The number of hydrogen-bond donors (Lipinski definition) is 3. The summed E-state index contributed by atoms with van der Waals surface area (Å²) in [5, 5.41) is 20.0. The van der Waals surface area contributed by atoms with Crippen LogP contribution in [0.15, 0.2) is 35.9 Å². The fourth-order valence-electron chi connectivity index (χ4n) is 6.03. The summed E-state index contributed by atoms with van der Waals surface area (Å²) in [7, 11) is -3.77. The summed E-state index contributed by atoms with van der Waals surface area (Å²) >= 11 is 0. The van der Waals surface area contributed by atoms with Crippen LogP contribution in [0.2, 0.25) is 0 Å². The summed E-state index contributed by atoms with van der Waals surface area (Å²) in [5.41, 5.74) is 0.0250. The van der Waals surface area contributed by atoms with Gasteiger partial charge in [-0.15, -0.1) is 0 Å². The molecule has 2 aliphatic heterocycles. The number of nitrogens with one attached hydrogen (secondary N) is 2. The van der Waals surface area contributed by atoms with Crippen molar-refractivity contribution in [1.29, 1.82) is 0 Å². The Bertz CT molecular complexity index is 1350. The van der Waals surface area contributed by atoms with Crippen molar-refractivity contribution in [2.75, 3.05) is 24.5 Å². The average molecular weight is 545 g/mol. The normalized spacial score (nSPS) is 27.6. The maximum absolute atomic E-state index is 13.5. The molecule has 0 radical (unpaired) electrons. The van der Waals surface area contributed by atoms with Gasteiger partial charge in [0, 0.05) is 48.3 Å². The largest absolute Gasteiger partial charge is 0.388 e. The first kappa shape index (κ1) is 27.1. The van der Waals surface area contributed by atoms with E-state index in [1.165, 1.54) is 6.08 Å². The second-order valence-electron chi connectivity index (χ2n) is 12.3. The Morgan fingerprint density at radius 1 is 1.24 bits per heavy atom. The summed E-state index contributed by atoms with van der Waals surface area (Å²) in [6.45, 7) is 15.0. The van der Waals surface area contributed by atoms with Gasteiger partial charge in [-0.25, -0.2) is 13.1 Å². The third-order valence-electron chi connectivity index (χ3n) is 8.16. The number of likely N-dealkylation sites (tertiary alicyclic amines) is 1. The summed E-state index contributed by atoms with van der Waals surface area (Å²) in [6.07, 6.45) is 5.19. The van der Waals surface area contributed by atoms with Crippen LogP contribution in [-0.4, -0.2) is 83.0 Å². The maximum Gasteiger partial charge on any atom is 0.246 e. The zero-order valence-corrected chi connectivity index (χ0v) is 23.8. The highest BCUT2D eigenvalue weighted by Gasteiger charge is 2.44. The molecule has 2 saturated heterocycles. The highest BCUT2D eigenvalue weighted by molar-refractivity contribution is 7.89. The van der Waals surface area contributed by atoms with E-state index in [0.29, 0.717) is 18.5 Å². The van der Waals surface area contributed by atoms with E-state index in [0.717, 1.165) is 37.0 Å². The molecule has 0 spiro atoms. The van der Waals surface area contributed by atoms with Crippen LogP contribution >= 0.6 is 0 Å². The lowest BCUT2D eigenvalue weighted by atomic mass is 9.95. The summed E-state index contributed by atoms with van der Waals surface area (Å²) in [5.74, 6) is -0.245. The van der Waals surface area contributed by atoms with Crippen LogP contribution in [0.1, 0.15) is 59.9 Å². The summed E-state index contributed by atoms with van der Waals surface area (Å²) in [4.78, 5) is 16.8. The number of piperazine rings is 1. The Balaban J connectivity index is 1.61. The zero-order valence-electron chi connectivity index (χ0n) is 22.9. The van der Waals surface area contributed by atoms with Crippen molar-refractivity contribution in [1.82, 2.24) is 24.7 Å². The number of aromatic nitrogens is 2. The van der Waals surface area contributed by atoms with Crippen molar-refractivity contribution >= 4 is 32.5 Å². The van der Waals surface area contributed by atoms with Crippen LogP contribution in [-0.2, 0) is 14.8 Å². The fraction of sp³-hybridized carbons (Fsp3) is 0.630. The number of nitrogens with zero attached hydrogens (tertiary/aromatic N) is 4. The molecular weight excluding hydrogens is 504 g/mol.